The van der Waals surface area contributed by atoms with Crippen molar-refractivity contribution < 1.29 is 0 Å². The molecule has 0 nitrogen and oxygen atoms in total. The van der Waals surface area contributed by atoms with Crippen LogP contribution in [-0.4, -0.2) is 0 Å². The molecule has 0 amide bonds. The Labute approximate surface area is 92.1 Å². The van der Waals surface area contributed by atoms with Gasteiger partial charge in [0, 0.05) is 0 Å². The topological polar surface area (TPSA) is 0 Å². The summed E-state index contributed by atoms with van der Waals surface area (Å²) in [5, 5.41) is 0. The van der Waals surface area contributed by atoms with Crippen LogP contribution in [-0.2, 0) is 0 Å². The maximum Gasteiger partial charge on any atom is -0.0310 e. The molecule has 0 aromatic rings. The van der Waals surface area contributed by atoms with Crippen molar-refractivity contribution in [1.82, 2.24) is 0 Å². The molecule has 0 aliphatic heterocycles. The van der Waals surface area contributed by atoms with E-state index in [-0.39, 0.29) is 0 Å². The summed E-state index contributed by atoms with van der Waals surface area (Å²) in [6, 6.07) is 0. The third-order valence-electron chi connectivity index (χ3n) is 1.18. The lowest BCUT2D eigenvalue weighted by molar-refractivity contribution is 1.02. The Kier molecular flexibility index (Phi) is 31.2. The Hall–Kier alpha value is -0.520. The second kappa shape index (κ2) is 22.9. The van der Waals surface area contributed by atoms with Gasteiger partial charge in [0.15, 0.2) is 0 Å². The molecule has 0 bridgehead atoms. The van der Waals surface area contributed by atoms with Gasteiger partial charge in [-0.3, -0.25) is 0 Å². The number of hydrogen-bond donors (Lipinski definition) is 0. The van der Waals surface area contributed by atoms with Crippen molar-refractivity contribution in [3.63, 3.8) is 0 Å². The van der Waals surface area contributed by atoms with Gasteiger partial charge in [-0.25, -0.2) is 0 Å². The molecule has 0 fully saturated rings. The summed E-state index contributed by atoms with van der Waals surface area (Å²) < 4.78 is 0. The van der Waals surface area contributed by atoms with Crippen LogP contribution in [0.4, 0.5) is 0 Å². The summed E-state index contributed by atoms with van der Waals surface area (Å²) in [7, 11) is 0. The first-order chi connectivity index (χ1) is 6.81. The van der Waals surface area contributed by atoms with Crippen LogP contribution < -0.4 is 0 Å². The molecule has 14 heavy (non-hydrogen) atoms. The lowest BCUT2D eigenvalue weighted by Gasteiger charge is -1.96. The third kappa shape index (κ3) is 22.5. The van der Waals surface area contributed by atoms with E-state index in [1.54, 1.807) is 0 Å². The van der Waals surface area contributed by atoms with E-state index in [1.165, 1.54) is 24.8 Å². The fraction of sp³-hybridized carbons (Fsp3) is 0.714. The van der Waals surface area contributed by atoms with Gasteiger partial charge in [-0.15, -0.1) is 0 Å². The molecule has 0 atom stereocenters. The van der Waals surface area contributed by atoms with Crippen LogP contribution in [0.25, 0.3) is 0 Å². The van der Waals surface area contributed by atoms with Gasteiger partial charge in [0.1, 0.15) is 0 Å². The highest BCUT2D eigenvalue weighted by Crippen LogP contribution is 2.06. The van der Waals surface area contributed by atoms with Crippen LogP contribution in [0.5, 0.6) is 0 Å². The van der Waals surface area contributed by atoms with Crippen molar-refractivity contribution >= 4 is 0 Å². The van der Waals surface area contributed by atoms with E-state index in [4.69, 9.17) is 0 Å². The molecule has 0 saturated carbocycles. The van der Waals surface area contributed by atoms with Gasteiger partial charge in [0.05, 0.1) is 0 Å². The predicted octanol–water partition coefficient (Wildman–Crippen LogP) is 5.75. The van der Waals surface area contributed by atoms with Gasteiger partial charge < -0.3 is 0 Å². The lowest BCUT2D eigenvalue weighted by Crippen LogP contribution is -1.76. The first kappa shape index (κ1) is 19.1. The van der Waals surface area contributed by atoms with E-state index < -0.39 is 0 Å². The Balaban J connectivity index is -0.000000148. The van der Waals surface area contributed by atoms with E-state index in [2.05, 4.69) is 39.0 Å². The van der Waals surface area contributed by atoms with Gasteiger partial charge in [0.25, 0.3) is 0 Å². The molecule has 0 aromatic heterocycles. The van der Waals surface area contributed by atoms with E-state index >= 15 is 0 Å². The molecule has 0 unspecified atom stereocenters. The van der Waals surface area contributed by atoms with E-state index in [1.807, 2.05) is 27.7 Å². The zero-order chi connectivity index (χ0) is 11.8. The Bertz CT molecular complexity index is 118. The van der Waals surface area contributed by atoms with Gasteiger partial charge in [-0.2, -0.15) is 0 Å². The fourth-order valence-corrected chi connectivity index (χ4v) is 0.744. The van der Waals surface area contributed by atoms with Crippen molar-refractivity contribution in [2.45, 2.75) is 67.7 Å². The summed E-state index contributed by atoms with van der Waals surface area (Å²) in [5.74, 6) is 0. The summed E-state index contributed by atoms with van der Waals surface area (Å²) in [6.07, 6.45) is 10.4. The Morgan fingerprint density at radius 1 is 1.00 bits per heavy atom. The second-order valence-corrected chi connectivity index (χ2v) is 2.63. The smallest absolute Gasteiger partial charge is 0.0310 e. The van der Waals surface area contributed by atoms with Gasteiger partial charge in [0.2, 0.25) is 0 Å². The van der Waals surface area contributed by atoms with Crippen LogP contribution >= 0.6 is 0 Å². The molecule has 0 aromatic carbocycles. The average molecular weight is 198 g/mol. The monoisotopic (exact) mass is 198 g/mol. The minimum atomic E-state index is 1.23. The minimum absolute atomic E-state index is 1.23. The minimum Gasteiger partial charge on any atom is -0.0840 e. The largest absolute Gasteiger partial charge is 0.0840 e. The van der Waals surface area contributed by atoms with Crippen molar-refractivity contribution in [2.75, 3.05) is 0 Å². The average Bonchev–Trinajstić information content (AvgIpc) is 2.26. The molecule has 86 valence electrons. The van der Waals surface area contributed by atoms with Crippen molar-refractivity contribution in [2.24, 2.45) is 0 Å². The highest BCUT2D eigenvalue weighted by molar-refractivity contribution is 5.18. The summed E-state index contributed by atoms with van der Waals surface area (Å²) >= 11 is 0. The van der Waals surface area contributed by atoms with Crippen LogP contribution in [0.1, 0.15) is 67.7 Å². The SMILES string of the molecule is CC.CC.CC1=CCCC=C1.CCC. The fourth-order valence-electron chi connectivity index (χ4n) is 0.744. The second-order valence-electron chi connectivity index (χ2n) is 2.63. The van der Waals surface area contributed by atoms with Gasteiger partial charge in [-0.05, 0) is 19.8 Å². The van der Waals surface area contributed by atoms with Crippen LogP contribution in [0, 0.1) is 0 Å². The molecule has 0 heteroatoms. The molecular formula is C14H30. The zero-order valence-corrected chi connectivity index (χ0v) is 11.4. The first-order valence-corrected chi connectivity index (χ1v) is 6.14. The molecule has 0 N–H and O–H groups in total. The molecule has 0 spiro atoms. The summed E-state index contributed by atoms with van der Waals surface area (Å²) in [4.78, 5) is 0. The molecule has 1 aliphatic carbocycles. The first-order valence-electron chi connectivity index (χ1n) is 6.14. The van der Waals surface area contributed by atoms with Gasteiger partial charge in [-0.1, -0.05) is 71.8 Å². The Morgan fingerprint density at radius 2 is 1.43 bits per heavy atom. The van der Waals surface area contributed by atoms with Crippen molar-refractivity contribution in [3.05, 3.63) is 23.8 Å². The summed E-state index contributed by atoms with van der Waals surface area (Å²) in [6.45, 7) is 14.4. The quantitative estimate of drug-likeness (QED) is 0.465. The standard InChI is InChI=1S/C7H10.C3H8.2C2H6/c1-7-5-3-2-4-6-7;1-3-2;2*1-2/h3,5-6H,2,4H2,1H3;3H2,1-2H3;2*1-2H3. The highest BCUT2D eigenvalue weighted by Gasteiger charge is 1.86. The highest BCUT2D eigenvalue weighted by atomic mass is 13.9. The predicted molar refractivity (Wildman–Crippen MR) is 70.8 cm³/mol. The van der Waals surface area contributed by atoms with Gasteiger partial charge >= 0.3 is 0 Å². The van der Waals surface area contributed by atoms with E-state index in [9.17, 15) is 0 Å². The van der Waals surface area contributed by atoms with Crippen LogP contribution in [0.2, 0.25) is 0 Å². The Morgan fingerprint density at radius 3 is 1.57 bits per heavy atom. The zero-order valence-electron chi connectivity index (χ0n) is 11.4. The number of hydrogen-bond acceptors (Lipinski definition) is 0. The van der Waals surface area contributed by atoms with Crippen LogP contribution in [0.3, 0.4) is 0 Å². The number of rotatable bonds is 0. The maximum absolute atomic E-state index is 2.26. The molecule has 0 radical (unpaired) electrons. The van der Waals surface area contributed by atoms with Crippen molar-refractivity contribution in [3.8, 4) is 0 Å². The molecule has 1 aliphatic rings. The van der Waals surface area contributed by atoms with E-state index in [0.29, 0.717) is 0 Å². The molecule has 1 rings (SSSR count). The molecular weight excluding hydrogens is 168 g/mol. The van der Waals surface area contributed by atoms with Crippen molar-refractivity contribution in [1.29, 1.82) is 0 Å². The van der Waals surface area contributed by atoms with E-state index in [0.717, 1.165) is 0 Å². The number of allylic oxidation sites excluding steroid dienone is 4. The summed E-state index contributed by atoms with van der Waals surface area (Å²) in [5.41, 5.74) is 1.41. The van der Waals surface area contributed by atoms with Crippen LogP contribution in [0.15, 0.2) is 23.8 Å². The maximum atomic E-state index is 2.26. The molecule has 0 saturated heterocycles. The third-order valence-corrected chi connectivity index (χ3v) is 1.18. The molecule has 0 heterocycles. The normalized spacial score (nSPS) is 11.8. The lowest BCUT2D eigenvalue weighted by atomic mass is 10.1.